The molecule has 0 atom stereocenters. The van der Waals surface area contributed by atoms with Crippen LogP contribution < -0.4 is 11.1 Å². The van der Waals surface area contributed by atoms with Crippen molar-refractivity contribution in [2.24, 2.45) is 5.73 Å². The minimum absolute atomic E-state index is 0.154. The van der Waals surface area contributed by atoms with Crippen LogP contribution in [0.15, 0.2) is 22.7 Å². The van der Waals surface area contributed by atoms with Gasteiger partial charge >= 0.3 is 0 Å². The van der Waals surface area contributed by atoms with Crippen molar-refractivity contribution >= 4 is 15.9 Å². The minimum atomic E-state index is -0.234. The average Bonchev–Trinajstić information content (AvgIpc) is 2.28. The van der Waals surface area contributed by atoms with Gasteiger partial charge in [0.2, 0.25) is 0 Å². The van der Waals surface area contributed by atoms with E-state index in [1.54, 1.807) is 6.07 Å². The van der Waals surface area contributed by atoms with E-state index in [1.165, 1.54) is 6.07 Å². The highest BCUT2D eigenvalue weighted by molar-refractivity contribution is 9.10. The van der Waals surface area contributed by atoms with Gasteiger partial charge in [-0.25, -0.2) is 4.39 Å². The van der Waals surface area contributed by atoms with Crippen LogP contribution in [0.25, 0.3) is 0 Å². The standard InChI is InChI=1S/C13H20BrFN2/c1-13(2,9-17-7-3-6-16)11-8-10(14)4-5-12(11)15/h4-5,8,17H,3,6-7,9,16H2,1-2H3. The summed E-state index contributed by atoms with van der Waals surface area (Å²) in [6.45, 7) is 6.36. The maximum absolute atomic E-state index is 13.8. The monoisotopic (exact) mass is 302 g/mol. The Bertz CT molecular complexity index is 366. The molecule has 3 N–H and O–H groups in total. The van der Waals surface area contributed by atoms with Crippen molar-refractivity contribution in [1.82, 2.24) is 5.32 Å². The molecule has 0 unspecified atom stereocenters. The Kier molecular flexibility index (Phi) is 5.56. The van der Waals surface area contributed by atoms with E-state index in [0.717, 1.165) is 29.5 Å². The van der Waals surface area contributed by atoms with E-state index in [9.17, 15) is 4.39 Å². The molecule has 4 heteroatoms. The average molecular weight is 303 g/mol. The fraction of sp³-hybridized carbons (Fsp3) is 0.538. The Labute approximate surface area is 111 Å². The predicted octanol–water partition coefficient (Wildman–Crippen LogP) is 2.80. The van der Waals surface area contributed by atoms with Gasteiger partial charge in [0.25, 0.3) is 0 Å². The van der Waals surface area contributed by atoms with Gasteiger partial charge in [0, 0.05) is 16.4 Å². The summed E-state index contributed by atoms with van der Waals surface area (Å²) in [5.74, 6) is -0.154. The minimum Gasteiger partial charge on any atom is -0.330 e. The summed E-state index contributed by atoms with van der Waals surface area (Å²) in [5, 5.41) is 3.31. The van der Waals surface area contributed by atoms with E-state index in [4.69, 9.17) is 5.73 Å². The van der Waals surface area contributed by atoms with Gasteiger partial charge in [0.15, 0.2) is 0 Å². The fourth-order valence-corrected chi connectivity index (χ4v) is 2.10. The van der Waals surface area contributed by atoms with Crippen molar-refractivity contribution in [3.05, 3.63) is 34.1 Å². The highest BCUT2D eigenvalue weighted by atomic mass is 79.9. The molecule has 96 valence electrons. The van der Waals surface area contributed by atoms with Gasteiger partial charge in [-0.05, 0) is 43.3 Å². The molecule has 0 fully saturated rings. The van der Waals surface area contributed by atoms with E-state index < -0.39 is 0 Å². The zero-order valence-electron chi connectivity index (χ0n) is 10.4. The smallest absolute Gasteiger partial charge is 0.127 e. The van der Waals surface area contributed by atoms with Gasteiger partial charge in [-0.1, -0.05) is 29.8 Å². The first-order chi connectivity index (χ1) is 7.97. The first-order valence-corrected chi connectivity index (χ1v) is 6.63. The fourth-order valence-electron chi connectivity index (χ4n) is 1.74. The molecule has 17 heavy (non-hydrogen) atoms. The molecule has 1 aromatic rings. The summed E-state index contributed by atoms with van der Waals surface area (Å²) in [5.41, 5.74) is 5.92. The lowest BCUT2D eigenvalue weighted by molar-refractivity contribution is 0.443. The van der Waals surface area contributed by atoms with Crippen LogP contribution in [-0.4, -0.2) is 19.6 Å². The van der Waals surface area contributed by atoms with Crippen molar-refractivity contribution in [1.29, 1.82) is 0 Å². The summed E-state index contributed by atoms with van der Waals surface area (Å²) >= 11 is 3.38. The lowest BCUT2D eigenvalue weighted by Crippen LogP contribution is -2.34. The molecule has 0 amide bonds. The first-order valence-electron chi connectivity index (χ1n) is 5.83. The second-order valence-corrected chi connectivity index (χ2v) is 5.74. The Hall–Kier alpha value is -0.450. The van der Waals surface area contributed by atoms with Crippen LogP contribution in [0.5, 0.6) is 0 Å². The topological polar surface area (TPSA) is 38.0 Å². The number of halogens is 2. The zero-order valence-corrected chi connectivity index (χ0v) is 12.0. The van der Waals surface area contributed by atoms with Crippen molar-refractivity contribution in [3.8, 4) is 0 Å². The SMILES string of the molecule is CC(C)(CNCCCN)c1cc(Br)ccc1F. The van der Waals surface area contributed by atoms with Crippen molar-refractivity contribution in [2.75, 3.05) is 19.6 Å². The summed E-state index contributed by atoms with van der Waals surface area (Å²) in [6.07, 6.45) is 0.942. The number of nitrogens with two attached hydrogens (primary N) is 1. The third-order valence-electron chi connectivity index (χ3n) is 2.78. The molecule has 0 radical (unpaired) electrons. The third kappa shape index (κ3) is 4.37. The maximum atomic E-state index is 13.8. The third-order valence-corrected chi connectivity index (χ3v) is 3.28. The normalized spacial score (nSPS) is 11.8. The molecule has 0 aliphatic rings. The van der Waals surface area contributed by atoms with Crippen molar-refractivity contribution < 1.29 is 4.39 Å². The molecule has 0 bridgehead atoms. The summed E-state index contributed by atoms with van der Waals surface area (Å²) in [4.78, 5) is 0. The van der Waals surface area contributed by atoms with Crippen LogP contribution in [0.1, 0.15) is 25.8 Å². The Morgan fingerprint density at radius 1 is 1.41 bits per heavy atom. The molecule has 0 spiro atoms. The Morgan fingerprint density at radius 2 is 2.12 bits per heavy atom. The van der Waals surface area contributed by atoms with Gasteiger partial charge in [0.1, 0.15) is 5.82 Å². The van der Waals surface area contributed by atoms with Gasteiger partial charge in [0.05, 0.1) is 0 Å². The van der Waals surface area contributed by atoms with Gasteiger partial charge in [-0.15, -0.1) is 0 Å². The first kappa shape index (κ1) is 14.6. The lowest BCUT2D eigenvalue weighted by atomic mass is 9.84. The maximum Gasteiger partial charge on any atom is 0.127 e. The van der Waals surface area contributed by atoms with Crippen LogP contribution in [0, 0.1) is 5.82 Å². The molecule has 0 saturated heterocycles. The highest BCUT2D eigenvalue weighted by Gasteiger charge is 2.23. The summed E-state index contributed by atoms with van der Waals surface area (Å²) in [6, 6.07) is 5.07. The predicted molar refractivity (Wildman–Crippen MR) is 73.7 cm³/mol. The molecule has 0 heterocycles. The Balaban J connectivity index is 2.71. The molecule has 0 aliphatic carbocycles. The number of benzene rings is 1. The number of hydrogen-bond acceptors (Lipinski definition) is 2. The second kappa shape index (κ2) is 6.47. The zero-order chi connectivity index (χ0) is 12.9. The van der Waals surface area contributed by atoms with Crippen LogP contribution in [0.3, 0.4) is 0 Å². The van der Waals surface area contributed by atoms with E-state index in [2.05, 4.69) is 21.2 Å². The highest BCUT2D eigenvalue weighted by Crippen LogP contribution is 2.27. The van der Waals surface area contributed by atoms with Gasteiger partial charge in [-0.3, -0.25) is 0 Å². The molecular formula is C13H20BrFN2. The molecule has 1 aromatic carbocycles. The molecule has 2 nitrogen and oxygen atoms in total. The molecule has 0 saturated carbocycles. The van der Waals surface area contributed by atoms with E-state index in [-0.39, 0.29) is 11.2 Å². The lowest BCUT2D eigenvalue weighted by Gasteiger charge is -2.26. The van der Waals surface area contributed by atoms with E-state index >= 15 is 0 Å². The molecular weight excluding hydrogens is 283 g/mol. The summed E-state index contributed by atoms with van der Waals surface area (Å²) < 4.78 is 14.7. The van der Waals surface area contributed by atoms with Crippen LogP contribution in [-0.2, 0) is 5.41 Å². The number of rotatable bonds is 6. The van der Waals surface area contributed by atoms with Crippen LogP contribution in [0.2, 0.25) is 0 Å². The van der Waals surface area contributed by atoms with E-state index in [1.807, 2.05) is 19.9 Å². The van der Waals surface area contributed by atoms with Gasteiger partial charge in [-0.2, -0.15) is 0 Å². The van der Waals surface area contributed by atoms with Crippen LogP contribution in [0.4, 0.5) is 4.39 Å². The van der Waals surface area contributed by atoms with Crippen molar-refractivity contribution in [2.45, 2.75) is 25.7 Å². The summed E-state index contributed by atoms with van der Waals surface area (Å²) in [7, 11) is 0. The number of hydrogen-bond donors (Lipinski definition) is 2. The second-order valence-electron chi connectivity index (χ2n) is 4.83. The number of nitrogens with one attached hydrogen (secondary N) is 1. The molecule has 0 aliphatic heterocycles. The van der Waals surface area contributed by atoms with E-state index in [0.29, 0.717) is 6.54 Å². The quantitative estimate of drug-likeness (QED) is 0.793. The van der Waals surface area contributed by atoms with Crippen molar-refractivity contribution in [3.63, 3.8) is 0 Å². The molecule has 0 aromatic heterocycles. The largest absolute Gasteiger partial charge is 0.330 e. The molecule has 1 rings (SSSR count). The van der Waals surface area contributed by atoms with Crippen LogP contribution >= 0.6 is 15.9 Å². The van der Waals surface area contributed by atoms with Gasteiger partial charge < -0.3 is 11.1 Å². The Morgan fingerprint density at radius 3 is 2.76 bits per heavy atom.